The number of aliphatic hydroxyl groups excluding tert-OH is 1. The summed E-state index contributed by atoms with van der Waals surface area (Å²) in [7, 11) is 0. The number of pyridine rings is 1. The number of piperidine rings is 1. The number of carbonyl (C=O) groups is 1. The summed E-state index contributed by atoms with van der Waals surface area (Å²) in [6.45, 7) is 3.15. The maximum absolute atomic E-state index is 13.3. The molecule has 0 aliphatic carbocycles. The Morgan fingerprint density at radius 1 is 1.17 bits per heavy atom. The van der Waals surface area contributed by atoms with Gasteiger partial charge >= 0.3 is 0 Å². The Morgan fingerprint density at radius 2 is 1.97 bits per heavy atom. The number of aryl methyl sites for hydroxylation is 1. The van der Waals surface area contributed by atoms with Crippen molar-refractivity contribution in [2.75, 3.05) is 23.4 Å². The summed E-state index contributed by atoms with van der Waals surface area (Å²) >= 11 is 0. The van der Waals surface area contributed by atoms with Gasteiger partial charge in [0.15, 0.2) is 0 Å². The lowest BCUT2D eigenvalue weighted by atomic mass is 9.99. The highest BCUT2D eigenvalue weighted by atomic mass is 16.3. The van der Waals surface area contributed by atoms with E-state index in [1.165, 1.54) is 0 Å². The zero-order valence-corrected chi connectivity index (χ0v) is 17.5. The lowest BCUT2D eigenvalue weighted by Gasteiger charge is -2.36. The van der Waals surface area contributed by atoms with Crippen LogP contribution in [-0.2, 0) is 6.42 Å². The Bertz CT molecular complexity index is 1030. The number of hydrogen-bond acceptors (Lipinski definition) is 4. The zero-order valence-electron chi connectivity index (χ0n) is 17.5. The van der Waals surface area contributed by atoms with Crippen LogP contribution in [0.1, 0.15) is 48.5 Å². The molecule has 1 amide bonds. The molecule has 1 fully saturated rings. The smallest absolute Gasteiger partial charge is 0.256 e. The normalized spacial score (nSPS) is 16.6. The van der Waals surface area contributed by atoms with E-state index in [0.29, 0.717) is 5.56 Å². The number of carbonyl (C=O) groups excluding carboxylic acids is 1. The van der Waals surface area contributed by atoms with Gasteiger partial charge in [0.2, 0.25) is 0 Å². The monoisotopic (exact) mass is 403 g/mol. The van der Waals surface area contributed by atoms with Crippen LogP contribution in [0.15, 0.2) is 54.6 Å². The molecule has 1 atom stereocenters. The van der Waals surface area contributed by atoms with Crippen LogP contribution in [0, 0.1) is 0 Å². The molecular formula is C25H29N3O2. The molecule has 0 saturated carbocycles. The van der Waals surface area contributed by atoms with E-state index in [1.807, 2.05) is 54.6 Å². The third-order valence-electron chi connectivity index (χ3n) is 5.98. The number of hydrogen-bond donors (Lipinski definition) is 2. The summed E-state index contributed by atoms with van der Waals surface area (Å²) in [5, 5.41) is 13.5. The summed E-state index contributed by atoms with van der Waals surface area (Å²) in [6, 6.07) is 17.9. The molecule has 0 bridgehead atoms. The first-order chi connectivity index (χ1) is 14.7. The minimum absolute atomic E-state index is 0.119. The van der Waals surface area contributed by atoms with Crippen LogP contribution in [-0.4, -0.2) is 35.2 Å². The van der Waals surface area contributed by atoms with E-state index in [2.05, 4.69) is 17.1 Å². The van der Waals surface area contributed by atoms with E-state index in [9.17, 15) is 9.90 Å². The van der Waals surface area contributed by atoms with Gasteiger partial charge in [-0.05, 0) is 55.9 Å². The molecule has 1 saturated heterocycles. The number of nitrogens with one attached hydrogen (secondary N) is 1. The second-order valence-corrected chi connectivity index (χ2v) is 7.87. The summed E-state index contributed by atoms with van der Waals surface area (Å²) in [5.41, 5.74) is 3.42. The molecule has 1 aliphatic heterocycles. The molecule has 5 nitrogen and oxygen atoms in total. The summed E-state index contributed by atoms with van der Waals surface area (Å²) < 4.78 is 0. The molecule has 1 aromatic heterocycles. The first-order valence-electron chi connectivity index (χ1n) is 10.9. The Balaban J connectivity index is 1.74. The van der Waals surface area contributed by atoms with Crippen LogP contribution < -0.4 is 10.2 Å². The van der Waals surface area contributed by atoms with E-state index >= 15 is 0 Å². The van der Waals surface area contributed by atoms with Crippen LogP contribution in [0.3, 0.4) is 0 Å². The first-order valence-corrected chi connectivity index (χ1v) is 10.9. The summed E-state index contributed by atoms with van der Waals surface area (Å²) in [5.74, 6) is 0.701. The standard InChI is InChI=1S/C25H29N3O2/c1-2-18-9-3-5-12-22(18)27-25(30)21-17-24(26-23-13-6-4-11-20(21)23)28-15-8-7-10-19(28)14-16-29/h3-6,9,11-13,17,19,29H,2,7-8,10,14-16H2,1H3,(H,27,30)/t19-/m0/s1. The van der Waals surface area contributed by atoms with Gasteiger partial charge < -0.3 is 15.3 Å². The number of anilines is 2. The average Bonchev–Trinajstić information content (AvgIpc) is 2.79. The fourth-order valence-corrected chi connectivity index (χ4v) is 4.39. The second-order valence-electron chi connectivity index (χ2n) is 7.87. The topological polar surface area (TPSA) is 65.5 Å². The zero-order chi connectivity index (χ0) is 20.9. The molecule has 156 valence electrons. The molecule has 5 heteroatoms. The summed E-state index contributed by atoms with van der Waals surface area (Å²) in [6.07, 6.45) is 4.88. The Labute approximate surface area is 177 Å². The average molecular weight is 404 g/mol. The molecule has 0 spiro atoms. The van der Waals surface area contributed by atoms with Crippen molar-refractivity contribution in [1.82, 2.24) is 4.98 Å². The van der Waals surface area contributed by atoms with Crippen LogP contribution in [0.4, 0.5) is 11.5 Å². The highest BCUT2D eigenvalue weighted by Crippen LogP contribution is 2.30. The van der Waals surface area contributed by atoms with Gasteiger partial charge in [0.25, 0.3) is 5.91 Å². The van der Waals surface area contributed by atoms with Crippen LogP contribution in [0.2, 0.25) is 0 Å². The number of rotatable bonds is 6. The summed E-state index contributed by atoms with van der Waals surface area (Å²) in [4.78, 5) is 20.5. The molecule has 0 unspecified atom stereocenters. The highest BCUT2D eigenvalue weighted by Gasteiger charge is 2.25. The Kier molecular flexibility index (Phi) is 6.29. The van der Waals surface area contributed by atoms with Crippen LogP contribution in [0.25, 0.3) is 10.9 Å². The number of aliphatic hydroxyl groups is 1. The van der Waals surface area contributed by atoms with Gasteiger partial charge in [0.05, 0.1) is 11.1 Å². The lowest BCUT2D eigenvalue weighted by Crippen LogP contribution is -2.40. The van der Waals surface area contributed by atoms with E-state index in [-0.39, 0.29) is 18.6 Å². The van der Waals surface area contributed by atoms with E-state index in [1.54, 1.807) is 0 Å². The van der Waals surface area contributed by atoms with Gasteiger partial charge in [-0.25, -0.2) is 4.98 Å². The number of nitrogens with zero attached hydrogens (tertiary/aromatic N) is 2. The van der Waals surface area contributed by atoms with Crippen molar-refractivity contribution in [2.24, 2.45) is 0 Å². The molecule has 2 aromatic carbocycles. The van der Waals surface area contributed by atoms with Crippen LogP contribution >= 0.6 is 0 Å². The van der Waals surface area contributed by atoms with Gasteiger partial charge in [-0.1, -0.05) is 43.3 Å². The van der Waals surface area contributed by atoms with Crippen molar-refractivity contribution in [3.8, 4) is 0 Å². The predicted molar refractivity (Wildman–Crippen MR) is 122 cm³/mol. The molecule has 4 rings (SSSR count). The molecule has 3 aromatic rings. The molecular weight excluding hydrogens is 374 g/mol. The minimum atomic E-state index is -0.119. The third-order valence-corrected chi connectivity index (χ3v) is 5.98. The van der Waals surface area contributed by atoms with Gasteiger partial charge in [0, 0.05) is 30.3 Å². The number of benzene rings is 2. The molecule has 2 heterocycles. The third kappa shape index (κ3) is 4.17. The highest BCUT2D eigenvalue weighted by molar-refractivity contribution is 6.13. The molecule has 2 N–H and O–H groups in total. The van der Waals surface area contributed by atoms with Gasteiger partial charge in [-0.3, -0.25) is 4.79 Å². The Hall–Kier alpha value is -2.92. The van der Waals surface area contributed by atoms with Crippen molar-refractivity contribution < 1.29 is 9.90 Å². The van der Waals surface area contributed by atoms with E-state index in [4.69, 9.17) is 4.98 Å². The SMILES string of the molecule is CCc1ccccc1NC(=O)c1cc(N2CCCC[C@H]2CCO)nc2ccccc12. The maximum Gasteiger partial charge on any atom is 0.256 e. The van der Waals surface area contributed by atoms with Crippen molar-refractivity contribution in [3.05, 3.63) is 65.7 Å². The number of para-hydroxylation sites is 2. The minimum Gasteiger partial charge on any atom is -0.396 e. The number of amides is 1. The van der Waals surface area contributed by atoms with E-state index in [0.717, 1.165) is 66.6 Å². The van der Waals surface area contributed by atoms with Crippen LogP contribution in [0.5, 0.6) is 0 Å². The van der Waals surface area contributed by atoms with Crippen molar-refractivity contribution in [3.63, 3.8) is 0 Å². The number of aromatic nitrogens is 1. The van der Waals surface area contributed by atoms with Gasteiger partial charge in [-0.2, -0.15) is 0 Å². The maximum atomic E-state index is 13.3. The second kappa shape index (κ2) is 9.26. The fraction of sp³-hybridized carbons (Fsp3) is 0.360. The van der Waals surface area contributed by atoms with Crippen molar-refractivity contribution in [1.29, 1.82) is 0 Å². The van der Waals surface area contributed by atoms with Gasteiger partial charge in [-0.15, -0.1) is 0 Å². The molecule has 30 heavy (non-hydrogen) atoms. The van der Waals surface area contributed by atoms with E-state index < -0.39 is 0 Å². The fourth-order valence-electron chi connectivity index (χ4n) is 4.39. The molecule has 0 radical (unpaired) electrons. The predicted octanol–water partition coefficient (Wildman–Crippen LogP) is 4.79. The van der Waals surface area contributed by atoms with Crippen molar-refractivity contribution >= 4 is 28.3 Å². The largest absolute Gasteiger partial charge is 0.396 e. The first kappa shape index (κ1) is 20.4. The lowest BCUT2D eigenvalue weighted by molar-refractivity contribution is 0.102. The quantitative estimate of drug-likeness (QED) is 0.621. The molecule has 1 aliphatic rings. The van der Waals surface area contributed by atoms with Crippen molar-refractivity contribution in [2.45, 2.75) is 45.1 Å². The number of fused-ring (bicyclic) bond motifs is 1. The van der Waals surface area contributed by atoms with Gasteiger partial charge in [0.1, 0.15) is 5.82 Å². The Morgan fingerprint density at radius 3 is 2.80 bits per heavy atom.